The Kier molecular flexibility index (Phi) is 6.61. The van der Waals surface area contributed by atoms with Crippen molar-refractivity contribution in [2.24, 2.45) is 0 Å². The van der Waals surface area contributed by atoms with Crippen molar-refractivity contribution in [3.63, 3.8) is 0 Å². The number of fused-ring (bicyclic) bond motifs is 5. The van der Waals surface area contributed by atoms with Crippen LogP contribution in [-0.2, 0) is 0 Å². The van der Waals surface area contributed by atoms with E-state index >= 15 is 0 Å². The van der Waals surface area contributed by atoms with Gasteiger partial charge in [0.1, 0.15) is 0 Å². The van der Waals surface area contributed by atoms with Crippen LogP contribution in [0.2, 0.25) is 0 Å². The Hall–Kier alpha value is -6.48. The monoisotopic (exact) mass is 582 g/mol. The summed E-state index contributed by atoms with van der Waals surface area (Å²) in [6, 6.07) is 59.2. The first-order valence-electron chi connectivity index (χ1n) is 15.3. The summed E-state index contributed by atoms with van der Waals surface area (Å²) >= 11 is 0. The van der Waals surface area contributed by atoms with Crippen LogP contribution in [0.15, 0.2) is 158 Å². The van der Waals surface area contributed by atoms with Crippen LogP contribution in [0.5, 0.6) is 0 Å². The highest BCUT2D eigenvalue weighted by atomic mass is 14.3. The van der Waals surface area contributed by atoms with E-state index in [0.717, 1.165) is 44.5 Å². The van der Waals surface area contributed by atoms with Gasteiger partial charge >= 0.3 is 0 Å². The molecular formula is C44H26N2. The van der Waals surface area contributed by atoms with Crippen LogP contribution in [0, 0.1) is 22.7 Å². The van der Waals surface area contributed by atoms with Crippen molar-refractivity contribution in [3.8, 4) is 56.6 Å². The van der Waals surface area contributed by atoms with Crippen molar-refractivity contribution < 1.29 is 0 Å². The molecule has 0 aliphatic rings. The summed E-state index contributed by atoms with van der Waals surface area (Å²) in [4.78, 5) is 0. The van der Waals surface area contributed by atoms with Crippen molar-refractivity contribution in [2.75, 3.05) is 0 Å². The van der Waals surface area contributed by atoms with Gasteiger partial charge in [0, 0.05) is 0 Å². The average molecular weight is 583 g/mol. The van der Waals surface area contributed by atoms with Gasteiger partial charge in [0.15, 0.2) is 0 Å². The molecule has 0 fully saturated rings. The van der Waals surface area contributed by atoms with Gasteiger partial charge in [0.25, 0.3) is 0 Å². The Balaban J connectivity index is 1.38. The lowest BCUT2D eigenvalue weighted by Crippen LogP contribution is -1.90. The smallest absolute Gasteiger partial charge is 0.0998 e. The topological polar surface area (TPSA) is 47.6 Å². The van der Waals surface area contributed by atoms with Gasteiger partial charge < -0.3 is 0 Å². The molecule has 0 spiro atoms. The second-order valence-corrected chi connectivity index (χ2v) is 11.5. The summed E-state index contributed by atoms with van der Waals surface area (Å²) in [5.41, 5.74) is 9.80. The van der Waals surface area contributed by atoms with Crippen LogP contribution in [-0.4, -0.2) is 0 Å². The second-order valence-electron chi connectivity index (χ2n) is 11.5. The van der Waals surface area contributed by atoms with Crippen LogP contribution < -0.4 is 0 Å². The van der Waals surface area contributed by atoms with E-state index in [1.807, 2.05) is 48.5 Å². The fourth-order valence-corrected chi connectivity index (χ4v) is 6.80. The molecule has 8 aromatic rings. The minimum Gasteiger partial charge on any atom is -0.192 e. The van der Waals surface area contributed by atoms with Crippen LogP contribution >= 0.6 is 0 Å². The van der Waals surface area contributed by atoms with E-state index in [2.05, 4.69) is 121 Å². The normalized spacial score (nSPS) is 11.0. The molecule has 0 heterocycles. The lowest BCUT2D eigenvalue weighted by atomic mass is 9.86. The van der Waals surface area contributed by atoms with Crippen LogP contribution in [0.25, 0.3) is 76.8 Å². The molecule has 8 rings (SSSR count). The van der Waals surface area contributed by atoms with Gasteiger partial charge in [-0.15, -0.1) is 0 Å². The molecule has 0 radical (unpaired) electrons. The van der Waals surface area contributed by atoms with E-state index in [1.54, 1.807) is 0 Å². The Morgan fingerprint density at radius 2 is 0.630 bits per heavy atom. The SMILES string of the molecule is N#Cc1ccccc1-c1cccc(-c2cc3c4ccccc4c(-c4cccc(-c5ccccc5C#N)c4)cc3c3ccccc23)c1. The zero-order chi connectivity index (χ0) is 31.0. The van der Waals surface area contributed by atoms with Gasteiger partial charge in [-0.05, 0) is 113 Å². The van der Waals surface area contributed by atoms with E-state index in [1.165, 1.54) is 32.3 Å². The summed E-state index contributed by atoms with van der Waals surface area (Å²) in [6.07, 6.45) is 0. The third kappa shape index (κ3) is 4.49. The Morgan fingerprint density at radius 3 is 1.04 bits per heavy atom. The average Bonchev–Trinajstić information content (AvgIpc) is 3.14. The molecule has 0 N–H and O–H groups in total. The highest BCUT2D eigenvalue weighted by Crippen LogP contribution is 2.43. The Bertz CT molecular complexity index is 2380. The van der Waals surface area contributed by atoms with Crippen LogP contribution in [0.3, 0.4) is 0 Å². The number of nitrogens with zero attached hydrogens (tertiary/aromatic N) is 2. The molecule has 0 unspecified atom stereocenters. The number of rotatable bonds is 4. The van der Waals surface area contributed by atoms with Gasteiger partial charge in [-0.25, -0.2) is 0 Å². The van der Waals surface area contributed by atoms with Crippen LogP contribution in [0.1, 0.15) is 11.1 Å². The molecule has 0 aliphatic carbocycles. The summed E-state index contributed by atoms with van der Waals surface area (Å²) in [5, 5.41) is 26.7. The first-order chi connectivity index (χ1) is 22.7. The van der Waals surface area contributed by atoms with E-state index in [4.69, 9.17) is 0 Å². The maximum absolute atomic E-state index is 9.76. The molecule has 46 heavy (non-hydrogen) atoms. The van der Waals surface area contributed by atoms with E-state index in [9.17, 15) is 10.5 Å². The van der Waals surface area contributed by atoms with Gasteiger partial charge in [0.2, 0.25) is 0 Å². The molecule has 8 aromatic carbocycles. The third-order valence-electron chi connectivity index (χ3n) is 8.95. The van der Waals surface area contributed by atoms with Crippen molar-refractivity contribution in [2.45, 2.75) is 0 Å². The Morgan fingerprint density at radius 1 is 0.283 bits per heavy atom. The molecule has 212 valence electrons. The van der Waals surface area contributed by atoms with E-state index in [-0.39, 0.29) is 0 Å². The zero-order valence-corrected chi connectivity index (χ0v) is 24.9. The summed E-state index contributed by atoms with van der Waals surface area (Å²) in [6.45, 7) is 0. The first kappa shape index (κ1) is 27.1. The maximum Gasteiger partial charge on any atom is 0.0998 e. The van der Waals surface area contributed by atoms with Crippen molar-refractivity contribution in [1.29, 1.82) is 10.5 Å². The second kappa shape index (κ2) is 11.2. The Labute approximate surface area is 267 Å². The lowest BCUT2D eigenvalue weighted by Gasteiger charge is -2.17. The standard InChI is InChI=1S/C44H26N2/c45-27-33-11-1-3-17-35(33)29-13-9-15-31(23-29)41-25-43-40-22-8-6-20-38(40)42(26-44(43)39-21-7-5-19-37(39)41)32-16-10-14-30(24-32)36-18-4-2-12-34(36)28-46/h1-26H. The summed E-state index contributed by atoms with van der Waals surface area (Å²) < 4.78 is 0. The predicted octanol–water partition coefficient (Wildman–Crippen LogP) is 11.6. The van der Waals surface area contributed by atoms with Crippen LogP contribution in [0.4, 0.5) is 0 Å². The van der Waals surface area contributed by atoms with Crippen molar-refractivity contribution in [3.05, 3.63) is 169 Å². The molecule has 2 heteroatoms. The lowest BCUT2D eigenvalue weighted by molar-refractivity contribution is 1.48. The minimum absolute atomic E-state index is 0.668. The quantitative estimate of drug-likeness (QED) is 0.194. The van der Waals surface area contributed by atoms with Crippen molar-refractivity contribution >= 4 is 32.3 Å². The molecule has 0 aromatic heterocycles. The number of benzene rings is 8. The minimum atomic E-state index is 0.668. The molecule has 0 aliphatic heterocycles. The molecule has 0 saturated heterocycles. The van der Waals surface area contributed by atoms with Crippen molar-refractivity contribution in [1.82, 2.24) is 0 Å². The maximum atomic E-state index is 9.76. The van der Waals surface area contributed by atoms with Gasteiger partial charge in [0.05, 0.1) is 23.3 Å². The fourth-order valence-electron chi connectivity index (χ4n) is 6.80. The molecule has 0 bridgehead atoms. The van der Waals surface area contributed by atoms with E-state index < -0.39 is 0 Å². The molecule has 2 nitrogen and oxygen atoms in total. The number of nitriles is 2. The largest absolute Gasteiger partial charge is 0.192 e. The van der Waals surface area contributed by atoms with Gasteiger partial charge in [-0.2, -0.15) is 10.5 Å². The third-order valence-corrected chi connectivity index (χ3v) is 8.95. The van der Waals surface area contributed by atoms with Gasteiger partial charge in [-0.3, -0.25) is 0 Å². The molecule has 0 saturated carbocycles. The first-order valence-corrected chi connectivity index (χ1v) is 15.3. The molecule has 0 amide bonds. The number of hydrogen-bond donors (Lipinski definition) is 0. The highest BCUT2D eigenvalue weighted by molar-refractivity contribution is 6.24. The van der Waals surface area contributed by atoms with E-state index in [0.29, 0.717) is 11.1 Å². The zero-order valence-electron chi connectivity index (χ0n) is 24.9. The summed E-state index contributed by atoms with van der Waals surface area (Å²) in [7, 11) is 0. The molecular weight excluding hydrogens is 556 g/mol. The predicted molar refractivity (Wildman–Crippen MR) is 190 cm³/mol. The highest BCUT2D eigenvalue weighted by Gasteiger charge is 2.16. The number of hydrogen-bond acceptors (Lipinski definition) is 2. The summed E-state index contributed by atoms with van der Waals surface area (Å²) in [5.74, 6) is 0. The molecule has 0 atom stereocenters. The van der Waals surface area contributed by atoms with Gasteiger partial charge in [-0.1, -0.05) is 121 Å². The fraction of sp³-hybridized carbons (Fsp3) is 0.